The van der Waals surface area contributed by atoms with E-state index < -0.39 is 5.54 Å². The minimum atomic E-state index is -1.16. The maximum absolute atomic E-state index is 13.2. The molecule has 0 spiro atoms. The second-order valence-corrected chi connectivity index (χ2v) is 6.18. The molecule has 1 heterocycles. The molecule has 1 fully saturated rings. The van der Waals surface area contributed by atoms with E-state index in [1.807, 2.05) is 60.7 Å². The molecule has 0 radical (unpaired) electrons. The number of hydrogen-bond donors (Lipinski definition) is 2. The van der Waals surface area contributed by atoms with Crippen LogP contribution >= 0.6 is 0 Å². The van der Waals surface area contributed by atoms with Gasteiger partial charge in [-0.05, 0) is 18.2 Å². The molecule has 3 rings (SSSR count). The lowest BCUT2D eigenvalue weighted by Gasteiger charge is -2.28. The van der Waals surface area contributed by atoms with Gasteiger partial charge in [-0.2, -0.15) is 0 Å². The zero-order valence-corrected chi connectivity index (χ0v) is 15.7. The molecule has 1 aliphatic rings. The van der Waals surface area contributed by atoms with Crippen LogP contribution in [0.15, 0.2) is 60.7 Å². The summed E-state index contributed by atoms with van der Waals surface area (Å²) >= 11 is 0. The first kappa shape index (κ1) is 19.7. The molecule has 0 unspecified atom stereocenters. The van der Waals surface area contributed by atoms with Gasteiger partial charge in [0.25, 0.3) is 5.91 Å². The fourth-order valence-corrected chi connectivity index (χ4v) is 2.94. The molecule has 2 N–H and O–H groups in total. The van der Waals surface area contributed by atoms with Crippen LogP contribution in [0.1, 0.15) is 31.4 Å². The van der Waals surface area contributed by atoms with Crippen LogP contribution in [0.3, 0.4) is 0 Å². The van der Waals surface area contributed by atoms with E-state index in [-0.39, 0.29) is 11.9 Å². The summed E-state index contributed by atoms with van der Waals surface area (Å²) in [4.78, 5) is 26.9. The van der Waals surface area contributed by atoms with Crippen LogP contribution in [0.2, 0.25) is 0 Å². The third-order valence-electron chi connectivity index (χ3n) is 4.10. The van der Waals surface area contributed by atoms with E-state index in [2.05, 4.69) is 24.5 Å². The van der Waals surface area contributed by atoms with Crippen LogP contribution in [0.5, 0.6) is 0 Å². The summed E-state index contributed by atoms with van der Waals surface area (Å²) < 4.78 is 0. The van der Waals surface area contributed by atoms with Gasteiger partial charge in [-0.15, -0.1) is 0 Å². The summed E-state index contributed by atoms with van der Waals surface area (Å²) in [6.45, 7) is 5.14. The van der Waals surface area contributed by atoms with Gasteiger partial charge in [0.05, 0.1) is 0 Å². The zero-order chi connectivity index (χ0) is 19.0. The number of carbonyl (C=O) groups is 2. The Kier molecular flexibility index (Phi) is 6.92. The highest BCUT2D eigenvalue weighted by atomic mass is 16.2. The second kappa shape index (κ2) is 9.15. The third kappa shape index (κ3) is 3.78. The van der Waals surface area contributed by atoms with Crippen molar-refractivity contribution in [3.05, 3.63) is 71.8 Å². The van der Waals surface area contributed by atoms with Gasteiger partial charge >= 0.3 is 6.03 Å². The molecule has 1 saturated heterocycles. The molecule has 3 amide bonds. The summed E-state index contributed by atoms with van der Waals surface area (Å²) in [5, 5.41) is 5.89. The van der Waals surface area contributed by atoms with Crippen molar-refractivity contribution in [2.24, 2.45) is 0 Å². The fraction of sp³-hybridized carbons (Fsp3) is 0.333. The summed E-state index contributed by atoms with van der Waals surface area (Å²) in [6, 6.07) is 18.4. The molecule has 1 aliphatic heterocycles. The van der Waals surface area contributed by atoms with E-state index in [1.54, 1.807) is 7.05 Å². The lowest BCUT2D eigenvalue weighted by Crippen LogP contribution is -2.45. The van der Waals surface area contributed by atoms with Crippen molar-refractivity contribution < 1.29 is 9.59 Å². The number of benzene rings is 2. The minimum absolute atomic E-state index is 0.241. The zero-order valence-electron chi connectivity index (χ0n) is 15.7. The van der Waals surface area contributed by atoms with Gasteiger partial charge in [0.2, 0.25) is 0 Å². The van der Waals surface area contributed by atoms with Gasteiger partial charge in [0.15, 0.2) is 5.54 Å². The van der Waals surface area contributed by atoms with Gasteiger partial charge in [0, 0.05) is 13.1 Å². The van der Waals surface area contributed by atoms with Crippen molar-refractivity contribution in [1.82, 2.24) is 15.5 Å². The van der Waals surface area contributed by atoms with Gasteiger partial charge in [0.1, 0.15) is 0 Å². The summed E-state index contributed by atoms with van der Waals surface area (Å²) in [6.07, 6.45) is 1.25. The average Bonchev–Trinajstić information content (AvgIpc) is 2.93. The number of rotatable bonds is 5. The standard InChI is InChI=1S/C18H19N3O2.C3H8/c1-19-12-13-21-16(22)18(20-17(21)23,14-8-4-2-5-9-14)15-10-6-3-7-11-15;1-3-2/h2-11,19H,12-13H2,1H3,(H,20,23);3H2,1-2H3. The Labute approximate surface area is 155 Å². The van der Waals surface area contributed by atoms with Crippen molar-refractivity contribution in [1.29, 1.82) is 0 Å². The Bertz CT molecular complexity index is 677. The van der Waals surface area contributed by atoms with Gasteiger partial charge in [-0.3, -0.25) is 9.69 Å². The molecular formula is C21H27N3O2. The highest BCUT2D eigenvalue weighted by Crippen LogP contribution is 2.35. The van der Waals surface area contributed by atoms with Crippen molar-refractivity contribution >= 4 is 11.9 Å². The van der Waals surface area contributed by atoms with Gasteiger partial charge < -0.3 is 10.6 Å². The maximum atomic E-state index is 13.2. The maximum Gasteiger partial charge on any atom is 0.325 e. The van der Waals surface area contributed by atoms with E-state index in [0.29, 0.717) is 13.1 Å². The second-order valence-electron chi connectivity index (χ2n) is 6.18. The van der Waals surface area contributed by atoms with Crippen molar-refractivity contribution in [3.8, 4) is 0 Å². The quantitative estimate of drug-likeness (QED) is 0.812. The van der Waals surface area contributed by atoms with E-state index >= 15 is 0 Å². The highest BCUT2D eigenvalue weighted by molar-refractivity contribution is 6.09. The monoisotopic (exact) mass is 353 g/mol. The molecule has 0 bridgehead atoms. The summed E-state index contributed by atoms with van der Waals surface area (Å²) in [7, 11) is 1.79. The number of likely N-dealkylation sites (N-methyl/N-ethyl adjacent to an activating group) is 1. The molecular weight excluding hydrogens is 326 g/mol. The van der Waals surface area contributed by atoms with Crippen LogP contribution in [0.4, 0.5) is 4.79 Å². The topological polar surface area (TPSA) is 61.4 Å². The first-order chi connectivity index (χ1) is 12.6. The molecule has 0 atom stereocenters. The predicted molar refractivity (Wildman–Crippen MR) is 104 cm³/mol. The van der Waals surface area contributed by atoms with E-state index in [9.17, 15) is 9.59 Å². The van der Waals surface area contributed by atoms with Crippen LogP contribution < -0.4 is 10.6 Å². The number of urea groups is 1. The Morgan fingerprint density at radius 2 is 1.38 bits per heavy atom. The predicted octanol–water partition coefficient (Wildman–Crippen LogP) is 3.12. The molecule has 0 saturated carbocycles. The lowest BCUT2D eigenvalue weighted by molar-refractivity contribution is -0.130. The third-order valence-corrected chi connectivity index (χ3v) is 4.10. The van der Waals surface area contributed by atoms with E-state index in [0.717, 1.165) is 11.1 Å². The van der Waals surface area contributed by atoms with E-state index in [1.165, 1.54) is 11.3 Å². The van der Waals surface area contributed by atoms with E-state index in [4.69, 9.17) is 0 Å². The van der Waals surface area contributed by atoms with Crippen molar-refractivity contribution in [2.45, 2.75) is 25.8 Å². The van der Waals surface area contributed by atoms with Crippen LogP contribution in [0, 0.1) is 0 Å². The molecule has 5 heteroatoms. The van der Waals surface area contributed by atoms with Gasteiger partial charge in [-0.25, -0.2) is 4.79 Å². The molecule has 0 aromatic heterocycles. The number of carbonyl (C=O) groups excluding carboxylic acids is 2. The minimum Gasteiger partial charge on any atom is -0.318 e. The first-order valence-corrected chi connectivity index (χ1v) is 9.01. The average molecular weight is 353 g/mol. The summed E-state index contributed by atoms with van der Waals surface area (Å²) in [5.41, 5.74) is 0.362. The highest BCUT2D eigenvalue weighted by Gasteiger charge is 2.53. The molecule has 26 heavy (non-hydrogen) atoms. The van der Waals surface area contributed by atoms with Crippen molar-refractivity contribution in [2.75, 3.05) is 20.1 Å². The first-order valence-electron chi connectivity index (χ1n) is 9.01. The molecule has 138 valence electrons. The Morgan fingerprint density at radius 1 is 0.923 bits per heavy atom. The van der Waals surface area contributed by atoms with Crippen LogP contribution in [0.25, 0.3) is 0 Å². The molecule has 2 aromatic rings. The SMILES string of the molecule is CCC.CNCCN1C(=O)NC(c2ccccc2)(c2ccccc2)C1=O. The normalized spacial score (nSPS) is 15.3. The van der Waals surface area contributed by atoms with Crippen molar-refractivity contribution in [3.63, 3.8) is 0 Å². The van der Waals surface area contributed by atoms with Gasteiger partial charge in [-0.1, -0.05) is 80.9 Å². The van der Waals surface area contributed by atoms with Crippen LogP contribution in [-0.4, -0.2) is 37.0 Å². The Morgan fingerprint density at radius 3 is 1.81 bits per heavy atom. The Hall–Kier alpha value is -2.66. The molecule has 5 nitrogen and oxygen atoms in total. The number of imide groups is 1. The number of nitrogens with zero attached hydrogens (tertiary/aromatic N) is 1. The largest absolute Gasteiger partial charge is 0.325 e. The number of amides is 3. The number of nitrogens with one attached hydrogen (secondary N) is 2. The molecule has 0 aliphatic carbocycles. The van der Waals surface area contributed by atoms with Crippen LogP contribution in [-0.2, 0) is 10.3 Å². The fourth-order valence-electron chi connectivity index (χ4n) is 2.94. The Balaban J connectivity index is 0.000000758. The smallest absolute Gasteiger partial charge is 0.318 e. The lowest BCUT2D eigenvalue weighted by atomic mass is 9.82. The number of hydrogen-bond acceptors (Lipinski definition) is 3. The molecule has 2 aromatic carbocycles. The summed E-state index contributed by atoms with van der Waals surface area (Å²) in [5.74, 6) is -0.241.